The third-order valence-electron chi connectivity index (χ3n) is 2.50. The quantitative estimate of drug-likeness (QED) is 0.515. The van der Waals surface area contributed by atoms with Crippen LogP contribution in [0.15, 0.2) is 40.3 Å². The highest BCUT2D eigenvalue weighted by atomic mass is 35.5. The fourth-order valence-corrected chi connectivity index (χ4v) is 1.94. The van der Waals surface area contributed by atoms with Gasteiger partial charge in [0.05, 0.1) is 15.6 Å². The monoisotopic (exact) mass is 322 g/mol. The van der Waals surface area contributed by atoms with E-state index in [4.69, 9.17) is 50.8 Å². The van der Waals surface area contributed by atoms with Crippen LogP contribution in [0, 0.1) is 11.3 Å². The number of thiocarbonyl (C=S) groups is 1. The molecule has 0 aliphatic carbocycles. The lowest BCUT2D eigenvalue weighted by molar-refractivity contribution is 0.571. The van der Waals surface area contributed by atoms with Crippen LogP contribution >= 0.6 is 35.4 Å². The van der Waals surface area contributed by atoms with Gasteiger partial charge in [0.2, 0.25) is 0 Å². The molecule has 2 aromatic rings. The van der Waals surface area contributed by atoms with Gasteiger partial charge in [-0.05, 0) is 30.3 Å². The number of halogens is 2. The molecule has 1 aromatic carbocycles. The molecule has 0 atom stereocenters. The van der Waals surface area contributed by atoms with Crippen LogP contribution < -0.4 is 5.73 Å². The Morgan fingerprint density at radius 2 is 2.00 bits per heavy atom. The van der Waals surface area contributed by atoms with Crippen LogP contribution in [0.2, 0.25) is 10.0 Å². The van der Waals surface area contributed by atoms with Crippen molar-refractivity contribution in [2.45, 2.75) is 0 Å². The van der Waals surface area contributed by atoms with Gasteiger partial charge in [0, 0.05) is 11.6 Å². The normalized spacial score (nSPS) is 11.2. The first-order valence-corrected chi connectivity index (χ1v) is 6.64. The summed E-state index contributed by atoms with van der Waals surface area (Å²) >= 11 is 16.6. The molecule has 0 aliphatic heterocycles. The van der Waals surface area contributed by atoms with Crippen LogP contribution in [-0.4, -0.2) is 4.99 Å². The van der Waals surface area contributed by atoms with Gasteiger partial charge < -0.3 is 10.2 Å². The third-order valence-corrected chi connectivity index (χ3v) is 3.46. The standard InChI is InChI=1S/C14H8Cl2N2OS/c15-11-3-1-8(6-12(11)16)13-4-2-10(19-13)5-9(7-17)14(18)20/h1-6H,(H2,18,20)/b9-5+. The number of nitrogens with zero attached hydrogens (tertiary/aromatic N) is 1. The highest BCUT2D eigenvalue weighted by molar-refractivity contribution is 7.80. The van der Waals surface area contributed by atoms with Crippen molar-refractivity contribution in [3.63, 3.8) is 0 Å². The molecule has 1 aromatic heterocycles. The molecule has 0 fully saturated rings. The molecule has 2 rings (SSSR count). The average molecular weight is 323 g/mol. The Kier molecular flexibility index (Phi) is 4.46. The lowest BCUT2D eigenvalue weighted by atomic mass is 10.2. The number of hydrogen-bond donors (Lipinski definition) is 1. The Bertz CT molecular complexity index is 744. The van der Waals surface area contributed by atoms with E-state index in [0.717, 1.165) is 5.56 Å². The number of hydrogen-bond acceptors (Lipinski definition) is 3. The van der Waals surface area contributed by atoms with Crippen molar-refractivity contribution in [1.82, 2.24) is 0 Å². The Labute approximate surface area is 131 Å². The van der Waals surface area contributed by atoms with E-state index >= 15 is 0 Å². The lowest BCUT2D eigenvalue weighted by Gasteiger charge is -1.99. The molecule has 3 nitrogen and oxygen atoms in total. The minimum Gasteiger partial charge on any atom is -0.457 e. The fraction of sp³-hybridized carbons (Fsp3) is 0. The Morgan fingerprint density at radius 1 is 1.25 bits per heavy atom. The number of furan rings is 1. The second kappa shape index (κ2) is 6.10. The Hall–Kier alpha value is -1.80. The zero-order valence-electron chi connectivity index (χ0n) is 10.1. The molecule has 6 heteroatoms. The van der Waals surface area contributed by atoms with Gasteiger partial charge in [0.25, 0.3) is 0 Å². The van der Waals surface area contributed by atoms with Crippen molar-refractivity contribution in [3.05, 3.63) is 51.7 Å². The van der Waals surface area contributed by atoms with E-state index in [1.807, 2.05) is 6.07 Å². The summed E-state index contributed by atoms with van der Waals surface area (Å²) in [5.41, 5.74) is 6.39. The van der Waals surface area contributed by atoms with Crippen LogP contribution in [0.25, 0.3) is 17.4 Å². The number of nitriles is 1. The first-order valence-electron chi connectivity index (χ1n) is 5.48. The molecule has 0 bridgehead atoms. The second-order valence-corrected chi connectivity index (χ2v) is 5.12. The van der Waals surface area contributed by atoms with Crippen LogP contribution in [0.5, 0.6) is 0 Å². The maximum atomic E-state index is 8.89. The van der Waals surface area contributed by atoms with Crippen molar-refractivity contribution >= 4 is 46.5 Å². The summed E-state index contributed by atoms with van der Waals surface area (Å²) in [6, 6.07) is 10.6. The summed E-state index contributed by atoms with van der Waals surface area (Å²) in [4.78, 5) is 0.0278. The molecule has 2 N–H and O–H groups in total. The third kappa shape index (κ3) is 3.20. The van der Waals surface area contributed by atoms with Crippen molar-refractivity contribution in [2.24, 2.45) is 5.73 Å². The predicted molar refractivity (Wildman–Crippen MR) is 84.5 cm³/mol. The zero-order chi connectivity index (χ0) is 14.7. The van der Waals surface area contributed by atoms with Gasteiger partial charge in [-0.25, -0.2) is 0 Å². The van der Waals surface area contributed by atoms with E-state index < -0.39 is 0 Å². The minimum atomic E-state index is 0.0278. The van der Waals surface area contributed by atoms with Crippen molar-refractivity contribution in [3.8, 4) is 17.4 Å². The van der Waals surface area contributed by atoms with E-state index in [1.54, 1.807) is 30.3 Å². The minimum absolute atomic E-state index is 0.0278. The summed E-state index contributed by atoms with van der Waals surface area (Å²) < 4.78 is 5.60. The summed E-state index contributed by atoms with van der Waals surface area (Å²) in [6.45, 7) is 0. The summed E-state index contributed by atoms with van der Waals surface area (Å²) in [5.74, 6) is 1.09. The topological polar surface area (TPSA) is 63.0 Å². The van der Waals surface area contributed by atoms with Crippen molar-refractivity contribution < 1.29 is 4.42 Å². The number of benzene rings is 1. The van der Waals surface area contributed by atoms with Crippen LogP contribution in [0.1, 0.15) is 5.76 Å². The molecule has 0 amide bonds. The highest BCUT2D eigenvalue weighted by Crippen LogP contribution is 2.29. The van der Waals surface area contributed by atoms with Gasteiger partial charge in [0.15, 0.2) is 0 Å². The molecular formula is C14H8Cl2N2OS. The van der Waals surface area contributed by atoms with Crippen LogP contribution in [-0.2, 0) is 0 Å². The van der Waals surface area contributed by atoms with Gasteiger partial charge in [-0.3, -0.25) is 0 Å². The van der Waals surface area contributed by atoms with Crippen molar-refractivity contribution in [2.75, 3.05) is 0 Å². The number of rotatable bonds is 3. The molecule has 0 radical (unpaired) electrons. The summed E-state index contributed by atoms with van der Waals surface area (Å²) in [5, 5.41) is 9.81. The second-order valence-electron chi connectivity index (χ2n) is 3.86. The molecular weight excluding hydrogens is 315 g/mol. The van der Waals surface area contributed by atoms with Gasteiger partial charge in [-0.2, -0.15) is 5.26 Å². The lowest BCUT2D eigenvalue weighted by Crippen LogP contribution is -2.09. The zero-order valence-corrected chi connectivity index (χ0v) is 12.4. The van der Waals surface area contributed by atoms with E-state index in [-0.39, 0.29) is 10.6 Å². The number of nitrogens with two attached hydrogens (primary N) is 1. The van der Waals surface area contributed by atoms with E-state index in [2.05, 4.69) is 0 Å². The molecule has 0 spiro atoms. The molecule has 0 unspecified atom stereocenters. The van der Waals surface area contributed by atoms with Crippen molar-refractivity contribution in [1.29, 1.82) is 5.26 Å². The molecule has 0 saturated heterocycles. The maximum Gasteiger partial charge on any atom is 0.134 e. The Balaban J connectivity index is 2.36. The summed E-state index contributed by atoms with van der Waals surface area (Å²) in [7, 11) is 0. The van der Waals surface area contributed by atoms with E-state index in [1.165, 1.54) is 6.08 Å². The van der Waals surface area contributed by atoms with E-state index in [9.17, 15) is 0 Å². The first-order chi connectivity index (χ1) is 9.51. The predicted octanol–water partition coefficient (Wildman–Crippen LogP) is 4.45. The van der Waals surface area contributed by atoms with Crippen LogP contribution in [0.4, 0.5) is 0 Å². The summed E-state index contributed by atoms with van der Waals surface area (Å²) in [6.07, 6.45) is 1.49. The first kappa shape index (κ1) is 14.6. The molecule has 1 heterocycles. The van der Waals surface area contributed by atoms with Gasteiger partial charge >= 0.3 is 0 Å². The van der Waals surface area contributed by atoms with Gasteiger partial charge in [-0.1, -0.05) is 35.4 Å². The SMILES string of the molecule is N#C/C(=C\c1ccc(-c2ccc(Cl)c(Cl)c2)o1)C(N)=S. The van der Waals surface area contributed by atoms with E-state index in [0.29, 0.717) is 21.6 Å². The van der Waals surface area contributed by atoms with Gasteiger partial charge in [0.1, 0.15) is 22.6 Å². The Morgan fingerprint density at radius 3 is 2.60 bits per heavy atom. The van der Waals surface area contributed by atoms with Crippen LogP contribution in [0.3, 0.4) is 0 Å². The fourth-order valence-electron chi connectivity index (χ4n) is 1.54. The average Bonchev–Trinajstić information content (AvgIpc) is 2.87. The highest BCUT2D eigenvalue weighted by Gasteiger charge is 2.07. The molecule has 100 valence electrons. The largest absolute Gasteiger partial charge is 0.457 e. The maximum absolute atomic E-state index is 8.89. The smallest absolute Gasteiger partial charge is 0.134 e. The molecule has 0 aliphatic rings. The molecule has 20 heavy (non-hydrogen) atoms. The van der Waals surface area contributed by atoms with Gasteiger partial charge in [-0.15, -0.1) is 0 Å². The molecule has 0 saturated carbocycles.